The van der Waals surface area contributed by atoms with Crippen LogP contribution < -0.4 is 0 Å². The van der Waals surface area contributed by atoms with Crippen LogP contribution in [-0.4, -0.2) is 36.6 Å². The van der Waals surface area contributed by atoms with Gasteiger partial charge in [-0.05, 0) is 54.8 Å². The Morgan fingerprint density at radius 2 is 1.72 bits per heavy atom. The molecule has 0 amide bonds. The molecule has 3 rings (SSSR count). The van der Waals surface area contributed by atoms with E-state index in [-0.39, 0.29) is 10.8 Å². The van der Waals surface area contributed by atoms with Crippen molar-refractivity contribution in [3.63, 3.8) is 0 Å². The van der Waals surface area contributed by atoms with Crippen molar-refractivity contribution < 1.29 is 33.3 Å². The second-order valence-electron chi connectivity index (χ2n) is 9.98. The normalized spacial score (nSPS) is 39.9. The summed E-state index contributed by atoms with van der Waals surface area (Å²) in [4.78, 5) is 35.1. The van der Waals surface area contributed by atoms with E-state index in [4.69, 9.17) is 18.9 Å². The minimum atomic E-state index is -1.16. The molecule has 2 aliphatic carbocycles. The lowest BCUT2D eigenvalue weighted by Gasteiger charge is -2.56. The molecule has 7 nitrogen and oxygen atoms in total. The SMILES string of the molecule is CC(=O)O[C@H]1O[C@H](OC(C)=O)[C@@H](OC(C)=O)/C1=C/C[C@]1(C)C2CCC=C[C@]2(C)CC[C@H]1C. The van der Waals surface area contributed by atoms with E-state index in [2.05, 4.69) is 32.9 Å². The summed E-state index contributed by atoms with van der Waals surface area (Å²) in [5.74, 6) is -0.644. The Bertz CT molecular complexity index is 815. The van der Waals surface area contributed by atoms with Crippen LogP contribution in [0.2, 0.25) is 0 Å². The molecule has 0 aromatic rings. The Morgan fingerprint density at radius 1 is 1.06 bits per heavy atom. The van der Waals surface area contributed by atoms with Crippen LogP contribution >= 0.6 is 0 Å². The second-order valence-corrected chi connectivity index (χ2v) is 9.98. The largest absolute Gasteiger partial charge is 0.451 e. The van der Waals surface area contributed by atoms with E-state index in [1.165, 1.54) is 27.2 Å². The van der Waals surface area contributed by atoms with E-state index >= 15 is 0 Å². The third-order valence-corrected chi connectivity index (χ3v) is 7.69. The molecule has 1 heterocycles. The van der Waals surface area contributed by atoms with Gasteiger partial charge in [0.05, 0.1) is 0 Å². The van der Waals surface area contributed by atoms with Crippen molar-refractivity contribution in [1.29, 1.82) is 0 Å². The highest BCUT2D eigenvalue weighted by molar-refractivity contribution is 5.68. The summed E-state index contributed by atoms with van der Waals surface area (Å²) in [6.07, 6.45) is 8.69. The summed E-state index contributed by atoms with van der Waals surface area (Å²) < 4.78 is 21.7. The highest BCUT2D eigenvalue weighted by atomic mass is 16.8. The Hall–Kier alpha value is -2.15. The second kappa shape index (κ2) is 9.38. The lowest BCUT2D eigenvalue weighted by molar-refractivity contribution is -0.218. The smallest absolute Gasteiger partial charge is 0.305 e. The zero-order valence-corrected chi connectivity index (χ0v) is 20.0. The number of carbonyl (C=O) groups is 3. The molecule has 7 heteroatoms. The molecule has 0 aromatic heterocycles. The van der Waals surface area contributed by atoms with Crippen molar-refractivity contribution in [1.82, 2.24) is 0 Å². The van der Waals surface area contributed by atoms with Gasteiger partial charge in [-0.25, -0.2) is 0 Å². The van der Waals surface area contributed by atoms with Gasteiger partial charge in [-0.3, -0.25) is 19.1 Å². The van der Waals surface area contributed by atoms with Crippen LogP contribution in [0, 0.1) is 22.7 Å². The number of allylic oxidation sites excluding steroid dienone is 3. The summed E-state index contributed by atoms with van der Waals surface area (Å²) in [6.45, 7) is 10.8. The molecular formula is C25H36O7. The molecule has 0 spiro atoms. The number of hydrogen-bond donors (Lipinski definition) is 0. The number of fused-ring (bicyclic) bond motifs is 1. The summed E-state index contributed by atoms with van der Waals surface area (Å²) in [5, 5.41) is 0. The van der Waals surface area contributed by atoms with Crippen molar-refractivity contribution in [3.05, 3.63) is 23.8 Å². The third kappa shape index (κ3) is 4.92. The van der Waals surface area contributed by atoms with Crippen molar-refractivity contribution in [3.8, 4) is 0 Å². The van der Waals surface area contributed by atoms with E-state index in [1.54, 1.807) is 0 Å². The van der Waals surface area contributed by atoms with Gasteiger partial charge in [-0.2, -0.15) is 0 Å². The summed E-state index contributed by atoms with van der Waals surface area (Å²) >= 11 is 0. The van der Waals surface area contributed by atoms with Crippen molar-refractivity contribution in [2.45, 2.75) is 92.3 Å². The van der Waals surface area contributed by atoms with Crippen LogP contribution in [0.25, 0.3) is 0 Å². The van der Waals surface area contributed by atoms with E-state index in [0.717, 1.165) is 19.3 Å². The number of hydrogen-bond acceptors (Lipinski definition) is 7. The first-order chi connectivity index (χ1) is 15.0. The fourth-order valence-corrected chi connectivity index (χ4v) is 5.86. The fraction of sp³-hybridized carbons (Fsp3) is 0.720. The third-order valence-electron chi connectivity index (χ3n) is 7.69. The minimum absolute atomic E-state index is 0.00578. The van der Waals surface area contributed by atoms with Gasteiger partial charge in [0, 0.05) is 26.3 Å². The van der Waals surface area contributed by atoms with Gasteiger partial charge in [0.25, 0.3) is 0 Å². The average Bonchev–Trinajstić information content (AvgIpc) is 2.97. The number of rotatable bonds is 5. The molecule has 1 unspecified atom stereocenters. The maximum atomic E-state index is 11.8. The standard InChI is InChI=1S/C25H36O7/c1-15-10-13-24(5)12-8-7-9-20(24)25(15,6)14-11-19-21(29-16(2)26)23(31-18(4)28)32-22(19)30-17(3)27/h8,11-12,15,20-23H,7,9-10,13-14H2,1-6H3/b19-11-/t15-,20?,21+,22+,23+,24-,25+/m1/s1. The molecule has 0 bridgehead atoms. The highest BCUT2D eigenvalue weighted by Gasteiger charge is 2.52. The van der Waals surface area contributed by atoms with E-state index in [1.807, 2.05) is 6.08 Å². The van der Waals surface area contributed by atoms with Crippen LogP contribution in [0.5, 0.6) is 0 Å². The first kappa shape index (κ1) is 24.5. The Balaban J connectivity index is 1.95. The Kier molecular flexibility index (Phi) is 7.18. The molecule has 3 aliphatic rings. The van der Waals surface area contributed by atoms with Gasteiger partial charge < -0.3 is 14.2 Å². The molecule has 1 aliphatic heterocycles. The van der Waals surface area contributed by atoms with Gasteiger partial charge in [0.1, 0.15) is 0 Å². The summed E-state index contributed by atoms with van der Waals surface area (Å²) in [5.41, 5.74) is 0.676. The maximum Gasteiger partial charge on any atom is 0.305 e. The zero-order valence-electron chi connectivity index (χ0n) is 20.0. The molecule has 0 aromatic carbocycles. The molecule has 2 fully saturated rings. The molecule has 178 valence electrons. The van der Waals surface area contributed by atoms with Gasteiger partial charge >= 0.3 is 17.9 Å². The van der Waals surface area contributed by atoms with E-state index in [0.29, 0.717) is 23.8 Å². The molecule has 1 saturated heterocycles. The number of esters is 3. The van der Waals surface area contributed by atoms with Crippen LogP contribution in [0.1, 0.15) is 73.6 Å². The van der Waals surface area contributed by atoms with Gasteiger partial charge in [-0.15, -0.1) is 0 Å². The predicted molar refractivity (Wildman–Crippen MR) is 117 cm³/mol. The Labute approximate surface area is 190 Å². The van der Waals surface area contributed by atoms with Crippen LogP contribution in [0.4, 0.5) is 0 Å². The van der Waals surface area contributed by atoms with Crippen LogP contribution in [-0.2, 0) is 33.3 Å². The van der Waals surface area contributed by atoms with Crippen molar-refractivity contribution in [2.75, 3.05) is 0 Å². The van der Waals surface area contributed by atoms with Crippen molar-refractivity contribution >= 4 is 17.9 Å². The van der Waals surface area contributed by atoms with Crippen molar-refractivity contribution in [2.24, 2.45) is 22.7 Å². The number of ether oxygens (including phenoxy) is 4. The molecule has 0 radical (unpaired) electrons. The summed E-state index contributed by atoms with van der Waals surface area (Å²) in [7, 11) is 0. The van der Waals surface area contributed by atoms with E-state index < -0.39 is 36.6 Å². The van der Waals surface area contributed by atoms with Crippen LogP contribution in [0.3, 0.4) is 0 Å². The topological polar surface area (TPSA) is 88.1 Å². The predicted octanol–water partition coefficient (Wildman–Crippen LogP) is 4.45. The fourth-order valence-electron chi connectivity index (χ4n) is 5.86. The highest BCUT2D eigenvalue weighted by Crippen LogP contribution is 2.59. The molecular weight excluding hydrogens is 412 g/mol. The van der Waals surface area contributed by atoms with Gasteiger partial charge in [0.2, 0.25) is 12.6 Å². The van der Waals surface area contributed by atoms with Crippen LogP contribution in [0.15, 0.2) is 23.8 Å². The average molecular weight is 449 g/mol. The molecule has 32 heavy (non-hydrogen) atoms. The zero-order chi connectivity index (χ0) is 23.7. The van der Waals surface area contributed by atoms with Gasteiger partial charge in [0.15, 0.2) is 6.10 Å². The molecule has 7 atom stereocenters. The van der Waals surface area contributed by atoms with Gasteiger partial charge in [-0.1, -0.05) is 39.0 Å². The maximum absolute atomic E-state index is 11.8. The molecule has 0 N–H and O–H groups in total. The molecule has 1 saturated carbocycles. The quantitative estimate of drug-likeness (QED) is 0.349. The lowest BCUT2D eigenvalue weighted by Crippen LogP contribution is -2.48. The first-order valence-electron chi connectivity index (χ1n) is 11.5. The monoisotopic (exact) mass is 448 g/mol. The number of carbonyl (C=O) groups excluding carboxylic acids is 3. The van der Waals surface area contributed by atoms with E-state index in [9.17, 15) is 14.4 Å². The summed E-state index contributed by atoms with van der Waals surface area (Å²) in [6, 6.07) is 0. The first-order valence-corrected chi connectivity index (χ1v) is 11.5. The minimum Gasteiger partial charge on any atom is -0.451 e. The Morgan fingerprint density at radius 3 is 2.34 bits per heavy atom. The lowest BCUT2D eigenvalue weighted by atomic mass is 9.49.